The van der Waals surface area contributed by atoms with Crippen molar-refractivity contribution in [2.75, 3.05) is 46.4 Å². The van der Waals surface area contributed by atoms with E-state index in [1.165, 1.54) is 43.2 Å². The van der Waals surface area contributed by atoms with Gasteiger partial charge in [0, 0.05) is 19.6 Å². The van der Waals surface area contributed by atoms with Crippen LogP contribution in [0.3, 0.4) is 0 Å². The SMILES string of the molecule is CN1CCC=C(c2nsnc2OCCN2CCCC2)C1. The van der Waals surface area contributed by atoms with Crippen LogP contribution >= 0.6 is 11.7 Å². The summed E-state index contributed by atoms with van der Waals surface area (Å²) in [7, 11) is 2.14. The first-order valence-corrected chi connectivity index (χ1v) is 8.11. The van der Waals surface area contributed by atoms with E-state index in [0.29, 0.717) is 6.61 Å². The van der Waals surface area contributed by atoms with Crippen LogP contribution in [0.2, 0.25) is 0 Å². The molecule has 0 amide bonds. The lowest BCUT2D eigenvalue weighted by Gasteiger charge is -2.22. The van der Waals surface area contributed by atoms with E-state index in [4.69, 9.17) is 4.74 Å². The Labute approximate surface area is 124 Å². The first kappa shape index (κ1) is 14.0. The lowest BCUT2D eigenvalue weighted by Crippen LogP contribution is -2.26. The van der Waals surface area contributed by atoms with Gasteiger partial charge in [-0.2, -0.15) is 4.37 Å². The molecule has 0 spiro atoms. The van der Waals surface area contributed by atoms with Crippen molar-refractivity contribution in [3.05, 3.63) is 11.8 Å². The van der Waals surface area contributed by atoms with Crippen molar-refractivity contribution in [3.63, 3.8) is 0 Å². The summed E-state index contributed by atoms with van der Waals surface area (Å²) in [6, 6.07) is 0. The summed E-state index contributed by atoms with van der Waals surface area (Å²) >= 11 is 1.25. The number of rotatable bonds is 5. The molecular weight excluding hydrogens is 272 g/mol. The quantitative estimate of drug-likeness (QED) is 0.827. The van der Waals surface area contributed by atoms with Crippen molar-refractivity contribution in [3.8, 4) is 5.88 Å². The van der Waals surface area contributed by atoms with Gasteiger partial charge >= 0.3 is 0 Å². The summed E-state index contributed by atoms with van der Waals surface area (Å²) < 4.78 is 14.6. The Morgan fingerprint density at radius 1 is 1.25 bits per heavy atom. The van der Waals surface area contributed by atoms with Crippen LogP contribution in [0.5, 0.6) is 5.88 Å². The molecule has 3 heterocycles. The number of hydrogen-bond acceptors (Lipinski definition) is 6. The molecule has 110 valence electrons. The summed E-state index contributed by atoms with van der Waals surface area (Å²) in [6.07, 6.45) is 5.99. The second-order valence-electron chi connectivity index (χ2n) is 5.57. The minimum Gasteiger partial charge on any atom is -0.474 e. The highest BCUT2D eigenvalue weighted by atomic mass is 32.1. The summed E-state index contributed by atoms with van der Waals surface area (Å²) in [5, 5.41) is 0. The number of likely N-dealkylation sites (tertiary alicyclic amines) is 1. The van der Waals surface area contributed by atoms with E-state index in [0.717, 1.165) is 37.6 Å². The van der Waals surface area contributed by atoms with Gasteiger partial charge in [-0.05, 0) is 45.0 Å². The van der Waals surface area contributed by atoms with Gasteiger partial charge in [0.15, 0.2) is 0 Å². The summed E-state index contributed by atoms with van der Waals surface area (Å²) in [4.78, 5) is 4.76. The summed E-state index contributed by atoms with van der Waals surface area (Å²) in [6.45, 7) is 6.18. The number of hydrogen-bond donors (Lipinski definition) is 0. The Morgan fingerprint density at radius 3 is 2.90 bits per heavy atom. The summed E-state index contributed by atoms with van der Waals surface area (Å²) in [5.41, 5.74) is 2.20. The Bertz CT molecular complexity index is 467. The van der Waals surface area contributed by atoms with Gasteiger partial charge in [0.1, 0.15) is 12.3 Å². The van der Waals surface area contributed by atoms with Crippen molar-refractivity contribution in [2.45, 2.75) is 19.3 Å². The minimum absolute atomic E-state index is 0.710. The number of likely N-dealkylation sites (N-methyl/N-ethyl adjacent to an activating group) is 1. The zero-order chi connectivity index (χ0) is 13.8. The normalized spacial score (nSPS) is 21.1. The van der Waals surface area contributed by atoms with Crippen molar-refractivity contribution >= 4 is 17.3 Å². The maximum atomic E-state index is 5.86. The smallest absolute Gasteiger partial charge is 0.253 e. The molecule has 5 nitrogen and oxygen atoms in total. The van der Waals surface area contributed by atoms with Crippen LogP contribution in [0.4, 0.5) is 0 Å². The van der Waals surface area contributed by atoms with E-state index in [1.54, 1.807) is 0 Å². The van der Waals surface area contributed by atoms with Crippen LogP contribution in [0, 0.1) is 0 Å². The van der Waals surface area contributed by atoms with Gasteiger partial charge in [-0.1, -0.05) is 6.08 Å². The van der Waals surface area contributed by atoms with E-state index < -0.39 is 0 Å². The van der Waals surface area contributed by atoms with E-state index >= 15 is 0 Å². The molecule has 6 heteroatoms. The van der Waals surface area contributed by atoms with Crippen LogP contribution in [-0.4, -0.2) is 64.9 Å². The summed E-state index contributed by atoms with van der Waals surface area (Å²) in [5.74, 6) is 0.718. The molecule has 3 rings (SSSR count). The van der Waals surface area contributed by atoms with E-state index in [2.05, 4.69) is 31.7 Å². The number of nitrogens with zero attached hydrogens (tertiary/aromatic N) is 4. The topological polar surface area (TPSA) is 41.5 Å². The molecule has 20 heavy (non-hydrogen) atoms. The average Bonchev–Trinajstić information content (AvgIpc) is 3.10. The van der Waals surface area contributed by atoms with Gasteiger partial charge in [0.2, 0.25) is 0 Å². The predicted octanol–water partition coefficient (Wildman–Crippen LogP) is 1.73. The zero-order valence-corrected chi connectivity index (χ0v) is 12.9. The average molecular weight is 294 g/mol. The van der Waals surface area contributed by atoms with Gasteiger partial charge in [-0.15, -0.1) is 4.37 Å². The highest BCUT2D eigenvalue weighted by molar-refractivity contribution is 6.99. The first-order valence-electron chi connectivity index (χ1n) is 7.38. The van der Waals surface area contributed by atoms with Gasteiger partial charge in [0.25, 0.3) is 5.88 Å². The Balaban J connectivity index is 1.57. The molecule has 0 aromatic carbocycles. The van der Waals surface area contributed by atoms with E-state index in [9.17, 15) is 0 Å². The van der Waals surface area contributed by atoms with Crippen LogP contribution in [0.15, 0.2) is 6.08 Å². The number of aromatic nitrogens is 2. The standard InChI is InChI=1S/C14H22N4OS/c1-17-6-4-5-12(11-17)13-14(16-20-15-13)19-10-9-18-7-2-3-8-18/h5H,2-4,6-11H2,1H3. The highest BCUT2D eigenvalue weighted by Crippen LogP contribution is 2.26. The fraction of sp³-hybridized carbons (Fsp3) is 0.714. The first-order chi connectivity index (χ1) is 9.83. The largest absolute Gasteiger partial charge is 0.474 e. The van der Waals surface area contributed by atoms with Gasteiger partial charge in [-0.3, -0.25) is 4.90 Å². The fourth-order valence-corrected chi connectivity index (χ4v) is 3.35. The third-order valence-electron chi connectivity index (χ3n) is 3.95. The Hall–Kier alpha value is -0.980. The molecule has 1 aromatic heterocycles. The number of ether oxygens (including phenoxy) is 1. The van der Waals surface area contributed by atoms with Gasteiger partial charge < -0.3 is 9.64 Å². The third-order valence-corrected chi connectivity index (χ3v) is 4.46. The van der Waals surface area contributed by atoms with Crippen molar-refractivity contribution < 1.29 is 4.74 Å². The molecule has 0 unspecified atom stereocenters. The van der Waals surface area contributed by atoms with Crippen LogP contribution in [-0.2, 0) is 0 Å². The molecule has 0 N–H and O–H groups in total. The fourth-order valence-electron chi connectivity index (χ4n) is 2.81. The lowest BCUT2D eigenvalue weighted by molar-refractivity contribution is 0.232. The van der Waals surface area contributed by atoms with Crippen LogP contribution in [0.1, 0.15) is 25.0 Å². The molecular formula is C14H22N4OS. The molecule has 1 fully saturated rings. The van der Waals surface area contributed by atoms with Crippen LogP contribution in [0.25, 0.3) is 5.57 Å². The van der Waals surface area contributed by atoms with Crippen molar-refractivity contribution in [2.24, 2.45) is 0 Å². The lowest BCUT2D eigenvalue weighted by atomic mass is 10.1. The molecule has 0 aliphatic carbocycles. The Morgan fingerprint density at radius 2 is 2.10 bits per heavy atom. The monoisotopic (exact) mass is 294 g/mol. The second-order valence-corrected chi connectivity index (χ2v) is 6.10. The minimum atomic E-state index is 0.710. The molecule has 0 bridgehead atoms. The Kier molecular flexibility index (Phi) is 4.65. The molecule has 1 saturated heterocycles. The highest BCUT2D eigenvalue weighted by Gasteiger charge is 2.19. The van der Waals surface area contributed by atoms with Crippen LogP contribution < -0.4 is 4.74 Å². The van der Waals surface area contributed by atoms with Crippen molar-refractivity contribution in [1.29, 1.82) is 0 Å². The van der Waals surface area contributed by atoms with Gasteiger partial charge in [0.05, 0.1) is 11.7 Å². The van der Waals surface area contributed by atoms with Crippen molar-refractivity contribution in [1.82, 2.24) is 18.5 Å². The zero-order valence-electron chi connectivity index (χ0n) is 12.0. The van der Waals surface area contributed by atoms with E-state index in [-0.39, 0.29) is 0 Å². The maximum absolute atomic E-state index is 5.86. The van der Waals surface area contributed by atoms with Gasteiger partial charge in [-0.25, -0.2) is 0 Å². The molecule has 2 aliphatic heterocycles. The molecule has 1 aromatic rings. The molecule has 0 radical (unpaired) electrons. The predicted molar refractivity (Wildman–Crippen MR) is 81.2 cm³/mol. The molecule has 0 atom stereocenters. The second kappa shape index (κ2) is 6.65. The molecule has 2 aliphatic rings. The van der Waals surface area contributed by atoms with E-state index in [1.807, 2.05) is 0 Å². The molecule has 0 saturated carbocycles. The third kappa shape index (κ3) is 3.37. The maximum Gasteiger partial charge on any atom is 0.253 e.